The van der Waals surface area contributed by atoms with Crippen molar-refractivity contribution < 1.29 is 23.7 Å². The molecule has 0 saturated heterocycles. The Hall–Kier alpha value is -2.83. The molecule has 0 aliphatic heterocycles. The summed E-state index contributed by atoms with van der Waals surface area (Å²) < 4.78 is 22.8. The third-order valence-electron chi connectivity index (χ3n) is 4.94. The van der Waals surface area contributed by atoms with Crippen LogP contribution in [0.5, 0.6) is 11.5 Å². The zero-order valence-corrected chi connectivity index (χ0v) is 20.4. The van der Waals surface area contributed by atoms with Crippen molar-refractivity contribution in [1.82, 2.24) is 0 Å². The minimum absolute atomic E-state index is 0.137. The van der Waals surface area contributed by atoms with Crippen molar-refractivity contribution in [3.05, 3.63) is 71.8 Å². The van der Waals surface area contributed by atoms with Gasteiger partial charge in [0, 0.05) is 20.1 Å². The second-order valence-corrected chi connectivity index (χ2v) is 14.5. The standard InChI is InChI=1S/C26H32O5Si/c1-5-29-26(27)22-15-21-16-23(30-18-20-9-7-6-8-10-20)11-12-24(21)25(17-22)31-19-28-13-14-32(2,3)4/h6-12,15-17H,5,13-14,18-19H2,1-4H3. The van der Waals surface area contributed by atoms with Crippen molar-refractivity contribution in [3.8, 4) is 11.5 Å². The van der Waals surface area contributed by atoms with E-state index >= 15 is 0 Å². The predicted octanol–water partition coefficient (Wildman–Crippen LogP) is 6.29. The SMILES string of the molecule is CCOC(=O)c1cc(OCOCC[Si](C)(C)C)c2ccc(OCc3ccccc3)cc2c1. The monoisotopic (exact) mass is 452 g/mol. The van der Waals surface area contributed by atoms with Gasteiger partial charge in [0.2, 0.25) is 0 Å². The van der Waals surface area contributed by atoms with Crippen LogP contribution in [0.2, 0.25) is 25.7 Å². The van der Waals surface area contributed by atoms with Crippen LogP contribution in [0.1, 0.15) is 22.8 Å². The molecule has 6 heteroatoms. The molecular weight excluding hydrogens is 420 g/mol. The molecule has 0 amide bonds. The van der Waals surface area contributed by atoms with E-state index in [9.17, 15) is 4.79 Å². The molecule has 170 valence electrons. The molecule has 0 N–H and O–H groups in total. The minimum atomic E-state index is -1.16. The maximum atomic E-state index is 12.4. The summed E-state index contributed by atoms with van der Waals surface area (Å²) in [5.74, 6) is 0.933. The Balaban J connectivity index is 1.78. The summed E-state index contributed by atoms with van der Waals surface area (Å²) in [5.41, 5.74) is 1.53. The molecule has 0 aromatic heterocycles. The third kappa shape index (κ3) is 7.11. The highest BCUT2D eigenvalue weighted by atomic mass is 28.3. The van der Waals surface area contributed by atoms with Crippen LogP contribution in [0.3, 0.4) is 0 Å². The zero-order valence-electron chi connectivity index (χ0n) is 19.4. The number of benzene rings is 3. The number of rotatable bonds is 11. The molecule has 0 radical (unpaired) electrons. The average Bonchev–Trinajstić information content (AvgIpc) is 2.77. The van der Waals surface area contributed by atoms with Gasteiger partial charge in [-0.1, -0.05) is 50.0 Å². The smallest absolute Gasteiger partial charge is 0.338 e. The van der Waals surface area contributed by atoms with E-state index in [2.05, 4.69) is 19.6 Å². The topological polar surface area (TPSA) is 54.0 Å². The van der Waals surface area contributed by atoms with Gasteiger partial charge in [-0.15, -0.1) is 0 Å². The largest absolute Gasteiger partial charge is 0.489 e. The van der Waals surface area contributed by atoms with Gasteiger partial charge in [-0.2, -0.15) is 0 Å². The van der Waals surface area contributed by atoms with Gasteiger partial charge in [0.1, 0.15) is 18.1 Å². The lowest BCUT2D eigenvalue weighted by molar-refractivity contribution is 0.0227. The quantitative estimate of drug-likeness (QED) is 0.148. The van der Waals surface area contributed by atoms with Crippen molar-refractivity contribution in [3.63, 3.8) is 0 Å². The molecule has 32 heavy (non-hydrogen) atoms. The molecule has 0 fully saturated rings. The van der Waals surface area contributed by atoms with Crippen LogP contribution in [0.25, 0.3) is 10.8 Å². The molecule has 0 aliphatic carbocycles. The Bertz CT molecular complexity index is 1030. The lowest BCUT2D eigenvalue weighted by Gasteiger charge is -2.16. The van der Waals surface area contributed by atoms with Crippen LogP contribution in [-0.2, 0) is 16.1 Å². The fraction of sp³-hybridized carbons (Fsp3) is 0.346. The van der Waals surface area contributed by atoms with Gasteiger partial charge in [-0.05, 0) is 54.2 Å². The summed E-state index contributed by atoms with van der Waals surface area (Å²) >= 11 is 0. The second-order valence-electron chi connectivity index (χ2n) is 8.83. The van der Waals surface area contributed by atoms with E-state index in [1.807, 2.05) is 54.6 Å². The summed E-state index contributed by atoms with van der Waals surface area (Å²) in [4.78, 5) is 12.4. The number of fused-ring (bicyclic) bond motifs is 1. The third-order valence-corrected chi connectivity index (χ3v) is 6.64. The lowest BCUT2D eigenvalue weighted by Crippen LogP contribution is -2.22. The van der Waals surface area contributed by atoms with Gasteiger partial charge in [0.25, 0.3) is 0 Å². The van der Waals surface area contributed by atoms with Crippen LogP contribution < -0.4 is 9.47 Å². The predicted molar refractivity (Wildman–Crippen MR) is 130 cm³/mol. The first-order valence-electron chi connectivity index (χ1n) is 11.0. The highest BCUT2D eigenvalue weighted by Gasteiger charge is 2.14. The molecule has 3 aromatic carbocycles. The summed E-state index contributed by atoms with van der Waals surface area (Å²) in [6.07, 6.45) is 0. The van der Waals surface area contributed by atoms with E-state index in [-0.39, 0.29) is 12.8 Å². The first-order chi connectivity index (χ1) is 15.4. The Morgan fingerprint density at radius 3 is 2.44 bits per heavy atom. The number of carbonyl (C=O) groups is 1. The van der Waals surface area contributed by atoms with E-state index < -0.39 is 8.07 Å². The van der Waals surface area contributed by atoms with E-state index in [1.54, 1.807) is 13.0 Å². The van der Waals surface area contributed by atoms with Gasteiger partial charge in [0.05, 0.1) is 12.2 Å². The zero-order chi connectivity index (χ0) is 23.0. The molecule has 3 rings (SSSR count). The molecule has 5 nitrogen and oxygen atoms in total. The lowest BCUT2D eigenvalue weighted by atomic mass is 10.1. The van der Waals surface area contributed by atoms with Crippen molar-refractivity contribution in [1.29, 1.82) is 0 Å². The molecule has 0 spiro atoms. The maximum absolute atomic E-state index is 12.4. The highest BCUT2D eigenvalue weighted by molar-refractivity contribution is 6.76. The average molecular weight is 453 g/mol. The summed E-state index contributed by atoms with van der Waals surface area (Å²) in [6, 6.07) is 20.4. The van der Waals surface area contributed by atoms with Crippen molar-refractivity contribution in [2.24, 2.45) is 0 Å². The van der Waals surface area contributed by atoms with Crippen molar-refractivity contribution in [2.45, 2.75) is 39.2 Å². The number of hydrogen-bond acceptors (Lipinski definition) is 5. The minimum Gasteiger partial charge on any atom is -0.489 e. The van der Waals surface area contributed by atoms with Crippen LogP contribution in [0, 0.1) is 0 Å². The van der Waals surface area contributed by atoms with Gasteiger partial charge >= 0.3 is 5.97 Å². The van der Waals surface area contributed by atoms with Crippen LogP contribution in [0.4, 0.5) is 0 Å². The number of esters is 1. The molecule has 0 unspecified atom stereocenters. The second kappa shape index (κ2) is 11.2. The Morgan fingerprint density at radius 2 is 1.72 bits per heavy atom. The normalized spacial score (nSPS) is 11.4. The number of ether oxygens (including phenoxy) is 4. The van der Waals surface area contributed by atoms with Gasteiger partial charge < -0.3 is 18.9 Å². The first-order valence-corrected chi connectivity index (χ1v) is 14.7. The Labute approximate surface area is 191 Å². The Kier molecular flexibility index (Phi) is 8.31. The van der Waals surface area contributed by atoms with Gasteiger partial charge in [-0.25, -0.2) is 4.79 Å². The first kappa shape index (κ1) is 23.8. The summed E-state index contributed by atoms with van der Waals surface area (Å²) in [6.45, 7) is 10.3. The van der Waals surface area contributed by atoms with Crippen molar-refractivity contribution in [2.75, 3.05) is 20.0 Å². The maximum Gasteiger partial charge on any atom is 0.338 e. The molecule has 0 saturated carbocycles. The van der Waals surface area contributed by atoms with Crippen LogP contribution in [0.15, 0.2) is 60.7 Å². The number of carbonyl (C=O) groups excluding carboxylic acids is 1. The fourth-order valence-electron chi connectivity index (χ4n) is 3.14. The van der Waals surface area contributed by atoms with Gasteiger partial charge in [-0.3, -0.25) is 0 Å². The van der Waals surface area contributed by atoms with E-state index in [0.29, 0.717) is 31.1 Å². The van der Waals surface area contributed by atoms with Crippen LogP contribution in [-0.4, -0.2) is 34.0 Å². The molecule has 0 bridgehead atoms. The van der Waals surface area contributed by atoms with E-state index in [0.717, 1.165) is 28.1 Å². The van der Waals surface area contributed by atoms with E-state index in [4.69, 9.17) is 18.9 Å². The van der Waals surface area contributed by atoms with Crippen molar-refractivity contribution >= 4 is 24.8 Å². The highest BCUT2D eigenvalue weighted by Crippen LogP contribution is 2.31. The summed E-state index contributed by atoms with van der Waals surface area (Å²) in [5, 5.41) is 1.73. The molecule has 0 heterocycles. The molecule has 3 aromatic rings. The summed E-state index contributed by atoms with van der Waals surface area (Å²) in [7, 11) is -1.16. The fourth-order valence-corrected chi connectivity index (χ4v) is 3.89. The molecular formula is C26H32O5Si. The van der Waals surface area contributed by atoms with Gasteiger partial charge in [0.15, 0.2) is 6.79 Å². The number of hydrogen-bond donors (Lipinski definition) is 0. The molecule has 0 aliphatic rings. The molecule has 0 atom stereocenters. The van der Waals surface area contributed by atoms with Crippen LogP contribution >= 0.6 is 0 Å². The van der Waals surface area contributed by atoms with E-state index in [1.165, 1.54) is 0 Å². The Morgan fingerprint density at radius 1 is 0.938 bits per heavy atom.